The first-order valence-electron chi connectivity index (χ1n) is 7.79. The predicted molar refractivity (Wildman–Crippen MR) is 83.8 cm³/mol. The Balaban J connectivity index is 1.93. The second kappa shape index (κ2) is 8.04. The quantitative estimate of drug-likeness (QED) is 0.866. The summed E-state index contributed by atoms with van der Waals surface area (Å²) in [6, 6.07) is 8.31. The highest BCUT2D eigenvalue weighted by Crippen LogP contribution is 2.32. The first kappa shape index (κ1) is 17.4. The molecule has 124 valence electrons. The monoisotopic (exact) mass is 319 g/mol. The molecule has 0 aromatic heterocycles. The van der Waals surface area contributed by atoms with Gasteiger partial charge in [0.15, 0.2) is 0 Å². The molecule has 0 unspecified atom stereocenters. The lowest BCUT2D eigenvalue weighted by Gasteiger charge is -2.25. The Bertz CT molecular complexity index is 570. The molecule has 0 radical (unpaired) electrons. The molecular formula is C17H22FN3O2. The van der Waals surface area contributed by atoms with Crippen LogP contribution in [0.15, 0.2) is 24.3 Å². The topological polar surface area (TPSA) is 67.6 Å². The van der Waals surface area contributed by atoms with Gasteiger partial charge < -0.3 is 10.0 Å². The molecule has 1 amide bonds. The fraction of sp³-hybridized carbons (Fsp3) is 0.529. The van der Waals surface area contributed by atoms with Gasteiger partial charge >= 0.3 is 0 Å². The molecule has 1 aliphatic rings. The van der Waals surface area contributed by atoms with Crippen LogP contribution in [0.3, 0.4) is 0 Å². The third-order valence-electron chi connectivity index (χ3n) is 4.23. The second-order valence-electron chi connectivity index (χ2n) is 5.93. The number of nitriles is 1. The molecule has 1 saturated heterocycles. The SMILES string of the molecule is CN(CCC#N)C(=O)CCN1C[C@H](O)C[C@@H]1c1ccc(F)cc1. The summed E-state index contributed by atoms with van der Waals surface area (Å²) in [6.45, 7) is 1.48. The Hall–Kier alpha value is -1.97. The van der Waals surface area contributed by atoms with Crippen LogP contribution in [0, 0.1) is 17.1 Å². The number of carbonyl (C=O) groups excluding carboxylic acids is 1. The Kier molecular flexibility index (Phi) is 6.08. The van der Waals surface area contributed by atoms with E-state index in [0.29, 0.717) is 38.9 Å². The number of likely N-dealkylation sites (tertiary alicyclic amines) is 1. The zero-order chi connectivity index (χ0) is 16.8. The highest BCUT2D eigenvalue weighted by atomic mass is 19.1. The molecule has 1 aromatic rings. The zero-order valence-electron chi connectivity index (χ0n) is 13.3. The lowest BCUT2D eigenvalue weighted by molar-refractivity contribution is -0.130. The van der Waals surface area contributed by atoms with Crippen LogP contribution in [0.25, 0.3) is 0 Å². The number of hydrogen-bond acceptors (Lipinski definition) is 4. The Morgan fingerprint density at radius 1 is 1.48 bits per heavy atom. The summed E-state index contributed by atoms with van der Waals surface area (Å²) in [7, 11) is 1.69. The van der Waals surface area contributed by atoms with Crippen molar-refractivity contribution >= 4 is 5.91 Å². The maximum atomic E-state index is 13.1. The van der Waals surface area contributed by atoms with Crippen LogP contribution in [0.1, 0.15) is 30.9 Å². The molecule has 1 heterocycles. The summed E-state index contributed by atoms with van der Waals surface area (Å²) in [5.41, 5.74) is 0.952. The van der Waals surface area contributed by atoms with Crippen molar-refractivity contribution in [1.82, 2.24) is 9.80 Å². The van der Waals surface area contributed by atoms with Gasteiger partial charge in [0.1, 0.15) is 5.82 Å². The van der Waals surface area contributed by atoms with E-state index in [1.54, 1.807) is 24.1 Å². The molecule has 23 heavy (non-hydrogen) atoms. The number of β-amino-alcohol motifs (C(OH)–C–C–N with tert-alkyl or cyclic N) is 1. The molecule has 1 fully saturated rings. The summed E-state index contributed by atoms with van der Waals surface area (Å²) in [4.78, 5) is 15.7. The predicted octanol–water partition coefficient (Wildman–Crippen LogP) is 1.70. The lowest BCUT2D eigenvalue weighted by Crippen LogP contribution is -2.33. The Labute approximate surface area is 135 Å². The van der Waals surface area contributed by atoms with Gasteiger partial charge in [-0.3, -0.25) is 9.69 Å². The van der Waals surface area contributed by atoms with Gasteiger partial charge in [-0.25, -0.2) is 4.39 Å². The molecule has 1 N–H and O–H groups in total. The van der Waals surface area contributed by atoms with Crippen LogP contribution >= 0.6 is 0 Å². The van der Waals surface area contributed by atoms with Crippen molar-refractivity contribution in [3.8, 4) is 6.07 Å². The summed E-state index contributed by atoms with van der Waals surface area (Å²) in [5.74, 6) is -0.298. The number of aliphatic hydroxyl groups is 1. The Morgan fingerprint density at radius 2 is 2.17 bits per heavy atom. The second-order valence-corrected chi connectivity index (χ2v) is 5.93. The van der Waals surface area contributed by atoms with E-state index in [0.717, 1.165) is 5.56 Å². The fourth-order valence-electron chi connectivity index (χ4n) is 2.93. The van der Waals surface area contributed by atoms with Crippen LogP contribution in [0.4, 0.5) is 4.39 Å². The van der Waals surface area contributed by atoms with Gasteiger partial charge in [-0.05, 0) is 24.1 Å². The molecular weight excluding hydrogens is 297 g/mol. The molecule has 1 aromatic carbocycles. The highest BCUT2D eigenvalue weighted by molar-refractivity contribution is 5.76. The van der Waals surface area contributed by atoms with Crippen molar-refractivity contribution in [3.05, 3.63) is 35.6 Å². The van der Waals surface area contributed by atoms with Gasteiger partial charge in [0, 0.05) is 39.1 Å². The minimum Gasteiger partial charge on any atom is -0.392 e. The standard InChI is InChI=1S/C17H22FN3O2/c1-20(9-2-8-19)17(23)7-10-21-12-15(22)11-16(21)13-3-5-14(18)6-4-13/h3-6,15-16,22H,2,7,9-12H2,1H3/t15-,16-/m1/s1. The third kappa shape index (κ3) is 4.75. The molecule has 0 saturated carbocycles. The average Bonchev–Trinajstić information content (AvgIpc) is 2.91. The van der Waals surface area contributed by atoms with Gasteiger partial charge in [0.05, 0.1) is 18.6 Å². The fourth-order valence-corrected chi connectivity index (χ4v) is 2.93. The van der Waals surface area contributed by atoms with E-state index >= 15 is 0 Å². The largest absolute Gasteiger partial charge is 0.392 e. The number of halogens is 1. The van der Waals surface area contributed by atoms with Gasteiger partial charge in [0.25, 0.3) is 0 Å². The van der Waals surface area contributed by atoms with Crippen LogP contribution in [-0.2, 0) is 4.79 Å². The Morgan fingerprint density at radius 3 is 2.83 bits per heavy atom. The van der Waals surface area contributed by atoms with Crippen molar-refractivity contribution in [1.29, 1.82) is 5.26 Å². The highest BCUT2D eigenvalue weighted by Gasteiger charge is 2.32. The smallest absolute Gasteiger partial charge is 0.223 e. The molecule has 2 atom stereocenters. The van der Waals surface area contributed by atoms with E-state index in [2.05, 4.69) is 4.90 Å². The van der Waals surface area contributed by atoms with Gasteiger partial charge in [-0.1, -0.05) is 12.1 Å². The lowest BCUT2D eigenvalue weighted by atomic mass is 10.0. The summed E-state index contributed by atoms with van der Waals surface area (Å²) < 4.78 is 13.1. The molecule has 2 rings (SSSR count). The van der Waals surface area contributed by atoms with Crippen LogP contribution in [-0.4, -0.2) is 53.6 Å². The van der Waals surface area contributed by atoms with E-state index < -0.39 is 6.10 Å². The normalized spacial score (nSPS) is 21.1. The molecule has 0 aliphatic carbocycles. The van der Waals surface area contributed by atoms with Crippen molar-refractivity contribution in [2.45, 2.75) is 31.4 Å². The maximum absolute atomic E-state index is 13.1. The molecule has 6 heteroatoms. The van der Waals surface area contributed by atoms with E-state index in [9.17, 15) is 14.3 Å². The van der Waals surface area contributed by atoms with E-state index in [4.69, 9.17) is 5.26 Å². The first-order chi connectivity index (χ1) is 11.0. The van der Waals surface area contributed by atoms with Gasteiger partial charge in [-0.2, -0.15) is 5.26 Å². The number of amides is 1. The zero-order valence-corrected chi connectivity index (χ0v) is 13.3. The minimum absolute atomic E-state index is 0.00261. The molecule has 0 spiro atoms. The van der Waals surface area contributed by atoms with Crippen molar-refractivity contribution < 1.29 is 14.3 Å². The average molecular weight is 319 g/mol. The number of carbonyl (C=O) groups is 1. The van der Waals surface area contributed by atoms with E-state index in [1.165, 1.54) is 12.1 Å². The van der Waals surface area contributed by atoms with E-state index in [-0.39, 0.29) is 17.8 Å². The first-order valence-corrected chi connectivity index (χ1v) is 7.79. The third-order valence-corrected chi connectivity index (χ3v) is 4.23. The van der Waals surface area contributed by atoms with Gasteiger partial charge in [-0.15, -0.1) is 0 Å². The van der Waals surface area contributed by atoms with Crippen molar-refractivity contribution in [2.75, 3.05) is 26.7 Å². The minimum atomic E-state index is -0.434. The summed E-state index contributed by atoms with van der Waals surface area (Å²) in [5, 5.41) is 18.5. The maximum Gasteiger partial charge on any atom is 0.223 e. The van der Waals surface area contributed by atoms with Crippen LogP contribution in [0.5, 0.6) is 0 Å². The van der Waals surface area contributed by atoms with Crippen LogP contribution < -0.4 is 0 Å². The van der Waals surface area contributed by atoms with Crippen molar-refractivity contribution in [3.63, 3.8) is 0 Å². The number of benzene rings is 1. The molecule has 0 bridgehead atoms. The molecule has 5 nitrogen and oxygen atoms in total. The van der Waals surface area contributed by atoms with E-state index in [1.807, 2.05) is 6.07 Å². The number of rotatable bonds is 6. The van der Waals surface area contributed by atoms with Crippen molar-refractivity contribution in [2.24, 2.45) is 0 Å². The van der Waals surface area contributed by atoms with Crippen LogP contribution in [0.2, 0.25) is 0 Å². The summed E-state index contributed by atoms with van der Waals surface area (Å²) >= 11 is 0. The number of aliphatic hydroxyl groups excluding tert-OH is 1. The van der Waals surface area contributed by atoms with Gasteiger partial charge in [0.2, 0.25) is 5.91 Å². The molecule has 1 aliphatic heterocycles. The number of nitrogens with zero attached hydrogens (tertiary/aromatic N) is 3. The summed E-state index contributed by atoms with van der Waals surface area (Å²) in [6.07, 6.45) is 0.815. The number of hydrogen-bond donors (Lipinski definition) is 1.